The van der Waals surface area contributed by atoms with Crippen LogP contribution in [0.2, 0.25) is 0 Å². The molecule has 3 nitrogen and oxygen atoms in total. The molecular formula is C14H21NO2. The van der Waals surface area contributed by atoms with E-state index in [0.717, 1.165) is 23.7 Å². The highest BCUT2D eigenvalue weighted by atomic mass is 16.5. The second-order valence-electron chi connectivity index (χ2n) is 4.72. The molecule has 0 saturated carbocycles. The Morgan fingerprint density at radius 3 is 2.82 bits per heavy atom. The van der Waals surface area contributed by atoms with Crippen molar-refractivity contribution in [1.82, 2.24) is 4.90 Å². The van der Waals surface area contributed by atoms with Gasteiger partial charge in [0.2, 0.25) is 0 Å². The number of ether oxygens (including phenoxy) is 2. The average Bonchev–Trinajstić information content (AvgIpc) is 2.72. The molecule has 0 radical (unpaired) electrons. The number of methoxy groups -OCH3 is 1. The van der Waals surface area contributed by atoms with Gasteiger partial charge < -0.3 is 14.4 Å². The van der Waals surface area contributed by atoms with Crippen LogP contribution in [0.1, 0.15) is 18.4 Å². The van der Waals surface area contributed by atoms with Gasteiger partial charge in [-0.05, 0) is 57.1 Å². The summed E-state index contributed by atoms with van der Waals surface area (Å²) >= 11 is 0. The summed E-state index contributed by atoms with van der Waals surface area (Å²) in [7, 11) is 3.86. The van der Waals surface area contributed by atoms with E-state index in [1.807, 2.05) is 25.1 Å². The zero-order chi connectivity index (χ0) is 12.3. The quantitative estimate of drug-likeness (QED) is 0.800. The lowest BCUT2D eigenvalue weighted by Gasteiger charge is -2.20. The summed E-state index contributed by atoms with van der Waals surface area (Å²) in [5, 5.41) is 0. The van der Waals surface area contributed by atoms with Crippen molar-refractivity contribution >= 4 is 0 Å². The van der Waals surface area contributed by atoms with E-state index in [1.165, 1.54) is 19.4 Å². The fraction of sp³-hybridized carbons (Fsp3) is 0.571. The van der Waals surface area contributed by atoms with E-state index < -0.39 is 0 Å². The molecular weight excluding hydrogens is 214 g/mol. The maximum Gasteiger partial charge on any atom is 0.122 e. The van der Waals surface area contributed by atoms with E-state index >= 15 is 0 Å². The fourth-order valence-electron chi connectivity index (χ4n) is 2.32. The Morgan fingerprint density at radius 2 is 2.24 bits per heavy atom. The van der Waals surface area contributed by atoms with Gasteiger partial charge in [-0.25, -0.2) is 0 Å². The minimum Gasteiger partial charge on any atom is -0.496 e. The van der Waals surface area contributed by atoms with Gasteiger partial charge in [-0.3, -0.25) is 0 Å². The van der Waals surface area contributed by atoms with Crippen molar-refractivity contribution in [2.45, 2.75) is 25.8 Å². The van der Waals surface area contributed by atoms with Gasteiger partial charge in [0, 0.05) is 6.04 Å². The summed E-state index contributed by atoms with van der Waals surface area (Å²) in [6, 6.07) is 6.54. The van der Waals surface area contributed by atoms with Crippen LogP contribution in [0.25, 0.3) is 0 Å². The molecule has 1 fully saturated rings. The maximum absolute atomic E-state index is 5.84. The molecule has 3 heteroatoms. The number of aryl methyl sites for hydroxylation is 1. The van der Waals surface area contributed by atoms with Crippen LogP contribution < -0.4 is 9.47 Å². The molecule has 1 heterocycles. The SMILES string of the molecule is COc1ccc(OC[C@H]2CCCN2C)cc1C. The highest BCUT2D eigenvalue weighted by Crippen LogP contribution is 2.24. The number of hydrogen-bond donors (Lipinski definition) is 0. The first-order valence-corrected chi connectivity index (χ1v) is 6.18. The molecule has 1 aromatic carbocycles. The first-order chi connectivity index (χ1) is 8.20. The Kier molecular flexibility index (Phi) is 3.89. The average molecular weight is 235 g/mol. The van der Waals surface area contributed by atoms with Gasteiger partial charge >= 0.3 is 0 Å². The predicted octanol–water partition coefficient (Wildman–Crippen LogP) is 2.48. The maximum atomic E-state index is 5.84. The largest absolute Gasteiger partial charge is 0.496 e. The summed E-state index contributed by atoms with van der Waals surface area (Å²) in [5.41, 5.74) is 1.12. The normalized spacial score (nSPS) is 20.5. The van der Waals surface area contributed by atoms with E-state index in [0.29, 0.717) is 6.04 Å². The third kappa shape index (κ3) is 2.91. The summed E-state index contributed by atoms with van der Waals surface area (Å²) in [6.07, 6.45) is 2.53. The summed E-state index contributed by atoms with van der Waals surface area (Å²) in [5.74, 6) is 1.85. The topological polar surface area (TPSA) is 21.7 Å². The van der Waals surface area contributed by atoms with Gasteiger partial charge in [0.25, 0.3) is 0 Å². The van der Waals surface area contributed by atoms with Gasteiger partial charge in [0.1, 0.15) is 18.1 Å². The highest BCUT2D eigenvalue weighted by Gasteiger charge is 2.21. The molecule has 0 aromatic heterocycles. The minimum absolute atomic E-state index is 0.567. The van der Waals surface area contributed by atoms with E-state index in [-0.39, 0.29) is 0 Å². The molecule has 0 spiro atoms. The monoisotopic (exact) mass is 235 g/mol. The van der Waals surface area contributed by atoms with Crippen LogP contribution in [0.3, 0.4) is 0 Å². The van der Waals surface area contributed by atoms with Gasteiger partial charge in [-0.1, -0.05) is 0 Å². The molecule has 1 atom stereocenters. The van der Waals surface area contributed by atoms with E-state index in [9.17, 15) is 0 Å². The van der Waals surface area contributed by atoms with Crippen molar-refractivity contribution in [1.29, 1.82) is 0 Å². The Hall–Kier alpha value is -1.22. The zero-order valence-corrected chi connectivity index (χ0v) is 10.9. The van der Waals surface area contributed by atoms with Crippen LogP contribution in [0, 0.1) is 6.92 Å². The molecule has 94 valence electrons. The molecule has 17 heavy (non-hydrogen) atoms. The third-order valence-corrected chi connectivity index (χ3v) is 3.48. The van der Waals surface area contributed by atoms with E-state index in [4.69, 9.17) is 9.47 Å². The molecule has 1 aliphatic rings. The molecule has 0 amide bonds. The van der Waals surface area contributed by atoms with Crippen LogP contribution in [0.5, 0.6) is 11.5 Å². The van der Waals surface area contributed by atoms with Crippen molar-refractivity contribution in [3.05, 3.63) is 23.8 Å². The summed E-state index contributed by atoms with van der Waals surface area (Å²) in [6.45, 7) is 4.01. The van der Waals surface area contributed by atoms with Crippen LogP contribution in [-0.2, 0) is 0 Å². The molecule has 0 N–H and O–H groups in total. The number of hydrogen-bond acceptors (Lipinski definition) is 3. The number of likely N-dealkylation sites (N-methyl/N-ethyl adjacent to an activating group) is 1. The molecule has 2 rings (SSSR count). The molecule has 0 bridgehead atoms. The lowest BCUT2D eigenvalue weighted by molar-refractivity contribution is 0.198. The summed E-state index contributed by atoms with van der Waals surface area (Å²) < 4.78 is 11.1. The van der Waals surface area contributed by atoms with Crippen LogP contribution in [-0.4, -0.2) is 38.3 Å². The van der Waals surface area contributed by atoms with Gasteiger partial charge in [-0.2, -0.15) is 0 Å². The second kappa shape index (κ2) is 5.41. The Morgan fingerprint density at radius 1 is 1.41 bits per heavy atom. The Balaban J connectivity index is 1.92. The standard InChI is InChI=1S/C14H21NO2/c1-11-9-13(6-7-14(11)16-3)17-10-12-5-4-8-15(12)2/h6-7,9,12H,4-5,8,10H2,1-3H3/t12-/m1/s1. The van der Waals surface area contributed by atoms with Gasteiger partial charge in [-0.15, -0.1) is 0 Å². The van der Waals surface area contributed by atoms with E-state index in [1.54, 1.807) is 7.11 Å². The lowest BCUT2D eigenvalue weighted by atomic mass is 10.2. The Labute approximate surface area is 103 Å². The molecule has 0 unspecified atom stereocenters. The summed E-state index contributed by atoms with van der Waals surface area (Å²) in [4.78, 5) is 2.37. The van der Waals surface area contributed by atoms with Crippen molar-refractivity contribution in [2.24, 2.45) is 0 Å². The highest BCUT2D eigenvalue weighted by molar-refractivity contribution is 5.39. The fourth-order valence-corrected chi connectivity index (χ4v) is 2.32. The van der Waals surface area contributed by atoms with Gasteiger partial charge in [0.15, 0.2) is 0 Å². The van der Waals surface area contributed by atoms with Crippen molar-refractivity contribution < 1.29 is 9.47 Å². The first-order valence-electron chi connectivity index (χ1n) is 6.18. The zero-order valence-electron chi connectivity index (χ0n) is 10.9. The van der Waals surface area contributed by atoms with Crippen molar-refractivity contribution in [3.63, 3.8) is 0 Å². The minimum atomic E-state index is 0.567. The number of nitrogens with zero attached hydrogens (tertiary/aromatic N) is 1. The predicted molar refractivity (Wildman–Crippen MR) is 68.9 cm³/mol. The second-order valence-corrected chi connectivity index (χ2v) is 4.72. The van der Waals surface area contributed by atoms with Crippen LogP contribution in [0.4, 0.5) is 0 Å². The van der Waals surface area contributed by atoms with Crippen LogP contribution in [0.15, 0.2) is 18.2 Å². The van der Waals surface area contributed by atoms with Crippen LogP contribution >= 0.6 is 0 Å². The molecule has 1 saturated heterocycles. The Bertz CT molecular complexity index is 378. The van der Waals surface area contributed by atoms with E-state index in [2.05, 4.69) is 11.9 Å². The van der Waals surface area contributed by atoms with Gasteiger partial charge in [0.05, 0.1) is 7.11 Å². The third-order valence-electron chi connectivity index (χ3n) is 3.48. The molecule has 0 aliphatic carbocycles. The number of likely N-dealkylation sites (tertiary alicyclic amines) is 1. The smallest absolute Gasteiger partial charge is 0.122 e. The molecule has 1 aliphatic heterocycles. The van der Waals surface area contributed by atoms with Crippen molar-refractivity contribution in [2.75, 3.05) is 27.3 Å². The first kappa shape index (κ1) is 12.2. The number of rotatable bonds is 4. The van der Waals surface area contributed by atoms with Crippen molar-refractivity contribution in [3.8, 4) is 11.5 Å². The molecule has 1 aromatic rings. The lowest BCUT2D eigenvalue weighted by Crippen LogP contribution is -2.30. The number of benzene rings is 1.